The van der Waals surface area contributed by atoms with Crippen LogP contribution in [-0.4, -0.2) is 47.7 Å². The van der Waals surface area contributed by atoms with Crippen molar-refractivity contribution in [2.75, 3.05) is 19.6 Å². The zero-order chi connectivity index (χ0) is 16.1. The predicted octanol–water partition coefficient (Wildman–Crippen LogP) is 1.01. The fourth-order valence-electron chi connectivity index (χ4n) is 3.42. The molecule has 0 bridgehead atoms. The SMILES string of the molecule is O=C(NCc1ccccc1CN1CCC(O)CC1)C1CCCN1. The Labute approximate surface area is 138 Å². The number of aliphatic hydroxyl groups excluding tert-OH is 1. The van der Waals surface area contributed by atoms with E-state index in [4.69, 9.17) is 0 Å². The van der Waals surface area contributed by atoms with E-state index in [0.717, 1.165) is 51.9 Å². The van der Waals surface area contributed by atoms with Gasteiger partial charge in [0, 0.05) is 26.2 Å². The Balaban J connectivity index is 1.55. The summed E-state index contributed by atoms with van der Waals surface area (Å²) in [5.41, 5.74) is 2.45. The molecule has 1 amide bonds. The normalized spacial score (nSPS) is 23.1. The smallest absolute Gasteiger partial charge is 0.237 e. The van der Waals surface area contributed by atoms with Crippen molar-refractivity contribution in [2.45, 2.75) is 50.9 Å². The van der Waals surface area contributed by atoms with E-state index in [1.165, 1.54) is 11.1 Å². The molecule has 2 saturated heterocycles. The monoisotopic (exact) mass is 317 g/mol. The van der Waals surface area contributed by atoms with E-state index in [1.807, 2.05) is 6.07 Å². The van der Waals surface area contributed by atoms with Gasteiger partial charge < -0.3 is 15.7 Å². The Bertz CT molecular complexity index is 521. The molecule has 1 aromatic carbocycles. The number of rotatable bonds is 5. The first-order chi connectivity index (χ1) is 11.2. The Hall–Kier alpha value is -1.43. The lowest BCUT2D eigenvalue weighted by molar-refractivity contribution is -0.122. The summed E-state index contributed by atoms with van der Waals surface area (Å²) in [6.45, 7) is 4.29. The van der Waals surface area contributed by atoms with Crippen LogP contribution in [0, 0.1) is 0 Å². The molecule has 1 aromatic rings. The van der Waals surface area contributed by atoms with E-state index in [-0.39, 0.29) is 18.1 Å². The largest absolute Gasteiger partial charge is 0.393 e. The number of aliphatic hydroxyl groups is 1. The third-order valence-electron chi connectivity index (χ3n) is 4.90. The molecule has 5 nitrogen and oxygen atoms in total. The molecule has 1 unspecified atom stereocenters. The quantitative estimate of drug-likeness (QED) is 0.758. The van der Waals surface area contributed by atoms with E-state index < -0.39 is 0 Å². The molecule has 5 heteroatoms. The molecule has 0 aromatic heterocycles. The van der Waals surface area contributed by atoms with Gasteiger partial charge in [0.25, 0.3) is 0 Å². The minimum Gasteiger partial charge on any atom is -0.393 e. The zero-order valence-electron chi connectivity index (χ0n) is 13.6. The minimum absolute atomic E-state index is 0.0225. The van der Waals surface area contributed by atoms with Gasteiger partial charge in [-0.15, -0.1) is 0 Å². The predicted molar refractivity (Wildman–Crippen MR) is 89.8 cm³/mol. The van der Waals surface area contributed by atoms with E-state index in [1.54, 1.807) is 0 Å². The van der Waals surface area contributed by atoms with Crippen LogP contribution in [0.3, 0.4) is 0 Å². The van der Waals surface area contributed by atoms with Crippen molar-refractivity contribution in [2.24, 2.45) is 0 Å². The molecule has 2 heterocycles. The van der Waals surface area contributed by atoms with E-state index in [9.17, 15) is 9.90 Å². The average Bonchev–Trinajstić information content (AvgIpc) is 3.10. The highest BCUT2D eigenvalue weighted by Crippen LogP contribution is 2.16. The van der Waals surface area contributed by atoms with Gasteiger partial charge in [0.1, 0.15) is 0 Å². The first-order valence-electron chi connectivity index (χ1n) is 8.70. The fraction of sp³-hybridized carbons (Fsp3) is 0.611. The summed E-state index contributed by atoms with van der Waals surface area (Å²) in [5.74, 6) is 0.110. The number of hydrogen-bond donors (Lipinski definition) is 3. The molecule has 3 rings (SSSR count). The van der Waals surface area contributed by atoms with Crippen molar-refractivity contribution in [1.82, 2.24) is 15.5 Å². The molecular formula is C18H27N3O2. The van der Waals surface area contributed by atoms with Crippen LogP contribution in [0.25, 0.3) is 0 Å². The molecular weight excluding hydrogens is 290 g/mol. The summed E-state index contributed by atoms with van der Waals surface area (Å²) >= 11 is 0. The number of piperidine rings is 1. The lowest BCUT2D eigenvalue weighted by Gasteiger charge is -2.30. The second-order valence-electron chi connectivity index (χ2n) is 6.64. The van der Waals surface area contributed by atoms with E-state index in [0.29, 0.717) is 6.54 Å². The molecule has 23 heavy (non-hydrogen) atoms. The van der Waals surface area contributed by atoms with Gasteiger partial charge in [-0.25, -0.2) is 0 Å². The van der Waals surface area contributed by atoms with Crippen molar-refractivity contribution in [3.8, 4) is 0 Å². The zero-order valence-corrected chi connectivity index (χ0v) is 13.6. The van der Waals surface area contributed by atoms with Gasteiger partial charge >= 0.3 is 0 Å². The van der Waals surface area contributed by atoms with Crippen LogP contribution in [0.4, 0.5) is 0 Å². The van der Waals surface area contributed by atoms with Gasteiger partial charge in [0.2, 0.25) is 5.91 Å². The topological polar surface area (TPSA) is 64.6 Å². The Morgan fingerprint density at radius 2 is 1.96 bits per heavy atom. The van der Waals surface area contributed by atoms with Crippen molar-refractivity contribution in [3.63, 3.8) is 0 Å². The fourth-order valence-corrected chi connectivity index (χ4v) is 3.42. The van der Waals surface area contributed by atoms with Gasteiger partial charge in [0.05, 0.1) is 12.1 Å². The lowest BCUT2D eigenvalue weighted by Crippen LogP contribution is -2.40. The maximum Gasteiger partial charge on any atom is 0.237 e. The van der Waals surface area contributed by atoms with Crippen LogP contribution in [0.5, 0.6) is 0 Å². The second-order valence-corrected chi connectivity index (χ2v) is 6.64. The Kier molecular flexibility index (Phi) is 5.65. The lowest BCUT2D eigenvalue weighted by atomic mass is 10.0. The number of amides is 1. The molecule has 0 spiro atoms. The third kappa shape index (κ3) is 4.53. The summed E-state index contributed by atoms with van der Waals surface area (Å²) in [4.78, 5) is 14.5. The molecule has 0 aliphatic carbocycles. The number of carbonyl (C=O) groups is 1. The van der Waals surface area contributed by atoms with E-state index in [2.05, 4.69) is 33.7 Å². The number of nitrogens with one attached hydrogen (secondary N) is 2. The number of nitrogens with zero attached hydrogens (tertiary/aromatic N) is 1. The summed E-state index contributed by atoms with van der Waals surface area (Å²) in [5, 5.41) is 15.9. The third-order valence-corrected chi connectivity index (χ3v) is 4.90. The molecule has 2 aliphatic rings. The summed E-state index contributed by atoms with van der Waals surface area (Å²) in [7, 11) is 0. The van der Waals surface area contributed by atoms with Gasteiger partial charge in [0.15, 0.2) is 0 Å². The number of hydrogen-bond acceptors (Lipinski definition) is 4. The molecule has 126 valence electrons. The molecule has 0 radical (unpaired) electrons. The van der Waals surface area contributed by atoms with Crippen LogP contribution in [0.15, 0.2) is 24.3 Å². The Morgan fingerprint density at radius 1 is 1.22 bits per heavy atom. The maximum absolute atomic E-state index is 12.1. The summed E-state index contributed by atoms with van der Waals surface area (Å²) < 4.78 is 0. The highest BCUT2D eigenvalue weighted by atomic mass is 16.3. The van der Waals surface area contributed by atoms with Crippen molar-refractivity contribution >= 4 is 5.91 Å². The van der Waals surface area contributed by atoms with Gasteiger partial charge in [-0.2, -0.15) is 0 Å². The van der Waals surface area contributed by atoms with Crippen LogP contribution in [-0.2, 0) is 17.9 Å². The molecule has 3 N–H and O–H groups in total. The number of carbonyl (C=O) groups excluding carboxylic acids is 1. The molecule has 2 aliphatic heterocycles. The summed E-state index contributed by atoms with van der Waals surface area (Å²) in [6.07, 6.45) is 3.58. The maximum atomic E-state index is 12.1. The number of benzene rings is 1. The van der Waals surface area contributed by atoms with E-state index >= 15 is 0 Å². The summed E-state index contributed by atoms with van der Waals surface area (Å²) in [6, 6.07) is 8.29. The molecule has 1 atom stereocenters. The highest BCUT2D eigenvalue weighted by Gasteiger charge is 2.22. The van der Waals surface area contributed by atoms with Crippen molar-refractivity contribution in [3.05, 3.63) is 35.4 Å². The van der Waals surface area contributed by atoms with Crippen LogP contribution in [0.1, 0.15) is 36.8 Å². The Morgan fingerprint density at radius 3 is 2.65 bits per heavy atom. The second kappa shape index (κ2) is 7.90. The van der Waals surface area contributed by atoms with Gasteiger partial charge in [-0.3, -0.25) is 9.69 Å². The van der Waals surface area contributed by atoms with Crippen molar-refractivity contribution < 1.29 is 9.90 Å². The van der Waals surface area contributed by atoms with Gasteiger partial charge in [-0.1, -0.05) is 24.3 Å². The van der Waals surface area contributed by atoms with Crippen LogP contribution in [0.2, 0.25) is 0 Å². The molecule has 2 fully saturated rings. The van der Waals surface area contributed by atoms with Crippen LogP contribution >= 0.6 is 0 Å². The highest BCUT2D eigenvalue weighted by molar-refractivity contribution is 5.82. The van der Waals surface area contributed by atoms with Gasteiger partial charge in [-0.05, 0) is 43.4 Å². The first-order valence-corrected chi connectivity index (χ1v) is 8.70. The van der Waals surface area contributed by atoms with Crippen molar-refractivity contribution in [1.29, 1.82) is 0 Å². The molecule has 0 saturated carbocycles. The first kappa shape index (κ1) is 16.4. The minimum atomic E-state index is -0.139. The number of likely N-dealkylation sites (tertiary alicyclic amines) is 1. The van der Waals surface area contributed by atoms with Crippen LogP contribution < -0.4 is 10.6 Å². The average molecular weight is 317 g/mol. The standard InChI is InChI=1S/C18H27N3O2/c22-16-7-10-21(11-8-16)13-15-5-2-1-4-14(15)12-20-18(23)17-6-3-9-19-17/h1-2,4-5,16-17,19,22H,3,6-13H2,(H,20,23).